The van der Waals surface area contributed by atoms with Crippen LogP contribution >= 0.6 is 11.6 Å². The van der Waals surface area contributed by atoms with Gasteiger partial charge < -0.3 is 0 Å². The summed E-state index contributed by atoms with van der Waals surface area (Å²) in [5.41, 5.74) is 0. The molecule has 0 saturated heterocycles. The van der Waals surface area contributed by atoms with Gasteiger partial charge in [-0.15, -0.1) is 0 Å². The molecule has 0 unspecified atom stereocenters. The maximum Gasteiger partial charge on any atom is 0.426 e. The normalized spacial score (nSPS) is 32.8. The third-order valence-electron chi connectivity index (χ3n) is 6.24. The first kappa shape index (κ1) is 20.1. The van der Waals surface area contributed by atoms with Gasteiger partial charge in [-0.05, 0) is 62.2 Å². The predicted octanol–water partition coefficient (Wildman–Crippen LogP) is 7.86. The van der Waals surface area contributed by atoms with Crippen molar-refractivity contribution in [1.29, 1.82) is 0 Å². The van der Waals surface area contributed by atoms with Crippen molar-refractivity contribution >= 4 is 11.6 Å². The molecule has 0 spiro atoms. The molecule has 2 rings (SSSR count). The molecule has 0 aliphatic heterocycles. The number of unbranched alkanes of at least 4 members (excludes halogenated alkanes) is 2. The largest absolute Gasteiger partial charge is 0.426 e. The van der Waals surface area contributed by atoms with Crippen molar-refractivity contribution in [3.63, 3.8) is 0 Å². The molecule has 0 N–H and O–H groups in total. The van der Waals surface area contributed by atoms with E-state index in [0.29, 0.717) is 0 Å². The average Bonchev–Trinajstić information content (AvgIpc) is 2.56. The average molecular weight is 365 g/mol. The van der Waals surface area contributed by atoms with E-state index >= 15 is 0 Å². The standard InChI is InChI=1S/C20H32ClF3/c1-2-3-4-5-15-6-10-17(11-7-15)18-12-8-16(9-13-18)14-19(21)20(22,23)24/h14-18H,2-13H2,1H3. The van der Waals surface area contributed by atoms with E-state index in [1.165, 1.54) is 57.4 Å². The zero-order valence-corrected chi connectivity index (χ0v) is 15.6. The predicted molar refractivity (Wildman–Crippen MR) is 95.0 cm³/mol. The van der Waals surface area contributed by atoms with E-state index in [4.69, 9.17) is 11.6 Å². The molecule has 0 atom stereocenters. The summed E-state index contributed by atoms with van der Waals surface area (Å²) < 4.78 is 37.6. The van der Waals surface area contributed by atoms with Crippen molar-refractivity contribution < 1.29 is 13.2 Å². The maximum atomic E-state index is 12.5. The van der Waals surface area contributed by atoms with E-state index < -0.39 is 11.2 Å². The van der Waals surface area contributed by atoms with Crippen LogP contribution in [0.25, 0.3) is 0 Å². The van der Waals surface area contributed by atoms with Gasteiger partial charge in [0, 0.05) is 0 Å². The molecule has 4 heteroatoms. The Kier molecular flexibility index (Phi) is 7.97. The third-order valence-corrected chi connectivity index (χ3v) is 6.58. The van der Waals surface area contributed by atoms with Gasteiger partial charge in [-0.2, -0.15) is 13.2 Å². The van der Waals surface area contributed by atoms with Gasteiger partial charge in [-0.1, -0.05) is 63.1 Å². The van der Waals surface area contributed by atoms with E-state index in [-0.39, 0.29) is 5.92 Å². The van der Waals surface area contributed by atoms with Crippen LogP contribution in [-0.2, 0) is 0 Å². The van der Waals surface area contributed by atoms with Crippen molar-refractivity contribution in [3.05, 3.63) is 11.1 Å². The molecular weight excluding hydrogens is 333 g/mol. The first-order valence-electron chi connectivity index (χ1n) is 9.84. The van der Waals surface area contributed by atoms with Crippen LogP contribution in [0.15, 0.2) is 11.1 Å². The van der Waals surface area contributed by atoms with Crippen molar-refractivity contribution in [1.82, 2.24) is 0 Å². The molecule has 0 bridgehead atoms. The van der Waals surface area contributed by atoms with Gasteiger partial charge in [-0.3, -0.25) is 0 Å². The monoisotopic (exact) mass is 364 g/mol. The lowest BCUT2D eigenvalue weighted by Gasteiger charge is -2.37. The second-order valence-corrected chi connectivity index (χ2v) is 8.37. The van der Waals surface area contributed by atoms with Gasteiger partial charge >= 0.3 is 6.18 Å². The van der Waals surface area contributed by atoms with Crippen LogP contribution in [0.2, 0.25) is 0 Å². The van der Waals surface area contributed by atoms with Crippen LogP contribution in [0.4, 0.5) is 13.2 Å². The van der Waals surface area contributed by atoms with E-state index in [1.807, 2.05) is 0 Å². The molecule has 0 aromatic rings. The smallest absolute Gasteiger partial charge is 0.165 e. The second-order valence-electron chi connectivity index (χ2n) is 7.96. The van der Waals surface area contributed by atoms with Crippen LogP contribution in [0.1, 0.15) is 84.0 Å². The van der Waals surface area contributed by atoms with Gasteiger partial charge in [0.05, 0.1) is 0 Å². The Labute approximate surface area is 150 Å². The fraction of sp³-hybridized carbons (Fsp3) is 0.900. The van der Waals surface area contributed by atoms with Crippen LogP contribution < -0.4 is 0 Å². The first-order chi connectivity index (χ1) is 11.4. The molecule has 2 fully saturated rings. The van der Waals surface area contributed by atoms with Crippen LogP contribution in [0, 0.1) is 23.7 Å². The van der Waals surface area contributed by atoms with Crippen LogP contribution in [0.3, 0.4) is 0 Å². The topological polar surface area (TPSA) is 0 Å². The quantitative estimate of drug-likeness (QED) is 0.420. The summed E-state index contributed by atoms with van der Waals surface area (Å²) in [4.78, 5) is 0. The molecule has 24 heavy (non-hydrogen) atoms. The minimum Gasteiger partial charge on any atom is -0.165 e. The number of rotatable bonds is 6. The van der Waals surface area contributed by atoms with Crippen molar-refractivity contribution in [3.8, 4) is 0 Å². The first-order valence-corrected chi connectivity index (χ1v) is 10.2. The minimum atomic E-state index is -4.38. The lowest BCUT2D eigenvalue weighted by Crippen LogP contribution is -2.25. The number of allylic oxidation sites excluding steroid dienone is 2. The van der Waals surface area contributed by atoms with E-state index in [0.717, 1.165) is 43.4 Å². The minimum absolute atomic E-state index is 0.0146. The molecular formula is C20H32ClF3. The number of hydrogen-bond donors (Lipinski definition) is 0. The maximum absolute atomic E-state index is 12.5. The molecule has 2 aliphatic carbocycles. The van der Waals surface area contributed by atoms with Crippen molar-refractivity contribution in [2.24, 2.45) is 23.7 Å². The van der Waals surface area contributed by atoms with E-state index in [2.05, 4.69) is 6.92 Å². The highest BCUT2D eigenvalue weighted by Crippen LogP contribution is 2.43. The van der Waals surface area contributed by atoms with Crippen molar-refractivity contribution in [2.75, 3.05) is 0 Å². The summed E-state index contributed by atoms with van der Waals surface area (Å²) >= 11 is 5.38. The Morgan fingerprint density at radius 2 is 1.46 bits per heavy atom. The third kappa shape index (κ3) is 6.28. The highest BCUT2D eigenvalue weighted by molar-refractivity contribution is 6.30. The zero-order valence-electron chi connectivity index (χ0n) is 14.9. The molecule has 0 aromatic heterocycles. The molecule has 140 valence electrons. The van der Waals surface area contributed by atoms with E-state index in [9.17, 15) is 13.2 Å². The molecule has 0 aromatic carbocycles. The summed E-state index contributed by atoms with van der Waals surface area (Å²) in [5, 5.41) is -0.932. The summed E-state index contributed by atoms with van der Waals surface area (Å²) in [6.45, 7) is 2.25. The summed E-state index contributed by atoms with van der Waals surface area (Å²) in [6.07, 6.45) is 11.6. The fourth-order valence-corrected chi connectivity index (χ4v) is 4.89. The molecule has 0 amide bonds. The number of halogens is 4. The summed E-state index contributed by atoms with van der Waals surface area (Å²) in [6, 6.07) is 0. The Balaban J connectivity index is 1.70. The molecule has 0 heterocycles. The van der Waals surface area contributed by atoms with Gasteiger partial charge in [0.15, 0.2) is 0 Å². The number of alkyl halides is 3. The Bertz CT molecular complexity index is 386. The molecule has 0 radical (unpaired) electrons. The SMILES string of the molecule is CCCCCC1CCC(C2CCC(C=C(Cl)C(F)(F)F)CC2)CC1. The highest BCUT2D eigenvalue weighted by atomic mass is 35.5. The van der Waals surface area contributed by atoms with Crippen LogP contribution in [0.5, 0.6) is 0 Å². The van der Waals surface area contributed by atoms with Gasteiger partial charge in [0.2, 0.25) is 0 Å². The second kappa shape index (κ2) is 9.50. The Morgan fingerprint density at radius 3 is 1.96 bits per heavy atom. The van der Waals surface area contributed by atoms with Gasteiger partial charge in [0.25, 0.3) is 0 Å². The Hall–Kier alpha value is -0.180. The van der Waals surface area contributed by atoms with Crippen molar-refractivity contribution in [2.45, 2.75) is 90.1 Å². The highest BCUT2D eigenvalue weighted by Gasteiger charge is 2.34. The van der Waals surface area contributed by atoms with E-state index in [1.54, 1.807) is 0 Å². The lowest BCUT2D eigenvalue weighted by molar-refractivity contribution is -0.0850. The summed E-state index contributed by atoms with van der Waals surface area (Å²) in [5.74, 6) is 2.49. The number of hydrogen-bond acceptors (Lipinski definition) is 0. The molecule has 2 aliphatic rings. The van der Waals surface area contributed by atoms with Gasteiger partial charge in [0.1, 0.15) is 5.03 Å². The Morgan fingerprint density at radius 1 is 0.917 bits per heavy atom. The fourth-order valence-electron chi connectivity index (χ4n) is 4.72. The van der Waals surface area contributed by atoms with Gasteiger partial charge in [-0.25, -0.2) is 0 Å². The van der Waals surface area contributed by atoms with Crippen LogP contribution in [-0.4, -0.2) is 6.18 Å². The summed E-state index contributed by atoms with van der Waals surface area (Å²) in [7, 11) is 0. The lowest BCUT2D eigenvalue weighted by atomic mass is 9.68. The molecule has 0 nitrogen and oxygen atoms in total. The molecule has 2 saturated carbocycles. The zero-order chi connectivity index (χ0) is 17.6.